The third kappa shape index (κ3) is 3.47. The quantitative estimate of drug-likeness (QED) is 0.743. The average molecular weight is 261 g/mol. The SMILES string of the molecule is CCCCCCCOc1cccn2c(CN)cnc12. The second kappa shape index (κ2) is 7.14. The first-order chi connectivity index (χ1) is 9.36. The van der Waals surface area contributed by atoms with Crippen molar-refractivity contribution in [3.63, 3.8) is 0 Å². The van der Waals surface area contributed by atoms with E-state index in [1.165, 1.54) is 25.7 Å². The van der Waals surface area contributed by atoms with Crippen LogP contribution in [0.15, 0.2) is 24.5 Å². The highest BCUT2D eigenvalue weighted by Crippen LogP contribution is 2.19. The second-order valence-corrected chi connectivity index (χ2v) is 4.78. The summed E-state index contributed by atoms with van der Waals surface area (Å²) in [6.45, 7) is 3.47. The van der Waals surface area contributed by atoms with E-state index in [-0.39, 0.29) is 0 Å². The molecule has 4 nitrogen and oxygen atoms in total. The van der Waals surface area contributed by atoms with Gasteiger partial charge in [-0.25, -0.2) is 4.98 Å². The van der Waals surface area contributed by atoms with Crippen molar-refractivity contribution in [3.8, 4) is 5.75 Å². The Morgan fingerprint density at radius 1 is 1.26 bits per heavy atom. The summed E-state index contributed by atoms with van der Waals surface area (Å²) in [5, 5.41) is 0. The van der Waals surface area contributed by atoms with Gasteiger partial charge in [0.25, 0.3) is 0 Å². The Morgan fingerprint density at radius 2 is 2.11 bits per heavy atom. The Morgan fingerprint density at radius 3 is 2.89 bits per heavy atom. The van der Waals surface area contributed by atoms with Gasteiger partial charge in [0, 0.05) is 12.7 Å². The minimum absolute atomic E-state index is 0.488. The first kappa shape index (κ1) is 13.9. The van der Waals surface area contributed by atoms with Crippen LogP contribution in [-0.4, -0.2) is 16.0 Å². The van der Waals surface area contributed by atoms with Crippen LogP contribution in [0.2, 0.25) is 0 Å². The van der Waals surface area contributed by atoms with Gasteiger partial charge in [0.15, 0.2) is 11.4 Å². The Balaban J connectivity index is 1.92. The summed E-state index contributed by atoms with van der Waals surface area (Å²) in [7, 11) is 0. The monoisotopic (exact) mass is 261 g/mol. The van der Waals surface area contributed by atoms with Crippen LogP contribution in [0.1, 0.15) is 44.7 Å². The Hall–Kier alpha value is -1.55. The van der Waals surface area contributed by atoms with Gasteiger partial charge in [0.2, 0.25) is 0 Å². The zero-order valence-electron chi connectivity index (χ0n) is 11.6. The third-order valence-electron chi connectivity index (χ3n) is 3.29. The molecule has 0 unspecified atom stereocenters. The van der Waals surface area contributed by atoms with Gasteiger partial charge >= 0.3 is 0 Å². The normalized spacial score (nSPS) is 11.1. The maximum atomic E-state index is 5.83. The lowest BCUT2D eigenvalue weighted by Crippen LogP contribution is -2.02. The van der Waals surface area contributed by atoms with Crippen molar-refractivity contribution < 1.29 is 4.74 Å². The molecule has 2 aromatic heterocycles. The van der Waals surface area contributed by atoms with Crippen LogP contribution in [0.4, 0.5) is 0 Å². The highest BCUT2D eigenvalue weighted by Gasteiger charge is 2.06. The lowest BCUT2D eigenvalue weighted by molar-refractivity contribution is 0.306. The minimum Gasteiger partial charge on any atom is -0.490 e. The van der Waals surface area contributed by atoms with Crippen LogP contribution in [0.3, 0.4) is 0 Å². The van der Waals surface area contributed by atoms with Crippen LogP contribution < -0.4 is 10.5 Å². The smallest absolute Gasteiger partial charge is 0.179 e. The molecule has 0 saturated carbocycles. The number of unbranched alkanes of at least 4 members (excludes halogenated alkanes) is 4. The summed E-state index contributed by atoms with van der Waals surface area (Å²) in [4.78, 5) is 4.38. The number of aromatic nitrogens is 2. The fourth-order valence-corrected chi connectivity index (χ4v) is 2.19. The van der Waals surface area contributed by atoms with E-state index in [0.29, 0.717) is 6.54 Å². The molecule has 0 amide bonds. The summed E-state index contributed by atoms with van der Waals surface area (Å²) < 4.78 is 7.83. The van der Waals surface area contributed by atoms with E-state index >= 15 is 0 Å². The molecule has 0 aliphatic carbocycles. The summed E-state index contributed by atoms with van der Waals surface area (Å²) in [5.41, 5.74) is 7.54. The molecule has 19 heavy (non-hydrogen) atoms. The highest BCUT2D eigenvalue weighted by atomic mass is 16.5. The third-order valence-corrected chi connectivity index (χ3v) is 3.29. The van der Waals surface area contributed by atoms with Crippen molar-refractivity contribution in [2.24, 2.45) is 5.73 Å². The van der Waals surface area contributed by atoms with Crippen molar-refractivity contribution >= 4 is 5.65 Å². The zero-order chi connectivity index (χ0) is 13.5. The van der Waals surface area contributed by atoms with Gasteiger partial charge < -0.3 is 10.5 Å². The van der Waals surface area contributed by atoms with Gasteiger partial charge in [-0.2, -0.15) is 0 Å². The first-order valence-corrected chi connectivity index (χ1v) is 7.14. The molecule has 0 saturated heterocycles. The Kier molecular flexibility index (Phi) is 5.21. The van der Waals surface area contributed by atoms with Crippen molar-refractivity contribution in [3.05, 3.63) is 30.2 Å². The summed E-state index contributed by atoms with van der Waals surface area (Å²) in [5.74, 6) is 0.845. The number of hydrogen-bond donors (Lipinski definition) is 1. The number of pyridine rings is 1. The van der Waals surface area contributed by atoms with Crippen LogP contribution in [-0.2, 0) is 6.54 Å². The van der Waals surface area contributed by atoms with Crippen LogP contribution >= 0.6 is 0 Å². The van der Waals surface area contributed by atoms with Crippen LogP contribution in [0, 0.1) is 0 Å². The predicted molar refractivity (Wildman–Crippen MR) is 77.3 cm³/mol. The molecule has 0 bridgehead atoms. The van der Waals surface area contributed by atoms with Crippen LogP contribution in [0.5, 0.6) is 5.75 Å². The fourth-order valence-electron chi connectivity index (χ4n) is 2.19. The maximum absolute atomic E-state index is 5.83. The molecule has 0 aliphatic heterocycles. The number of hydrogen-bond acceptors (Lipinski definition) is 3. The molecular formula is C15H23N3O. The number of rotatable bonds is 8. The maximum Gasteiger partial charge on any atom is 0.179 e. The molecule has 0 fully saturated rings. The molecule has 104 valence electrons. The summed E-state index contributed by atoms with van der Waals surface area (Å²) in [6.07, 6.45) is 10.0. The number of nitrogens with two attached hydrogens (primary N) is 1. The van der Waals surface area contributed by atoms with Gasteiger partial charge in [0.1, 0.15) is 0 Å². The van der Waals surface area contributed by atoms with E-state index in [1.807, 2.05) is 28.9 Å². The molecule has 2 N–H and O–H groups in total. The molecular weight excluding hydrogens is 238 g/mol. The molecule has 0 aromatic carbocycles. The van der Waals surface area contributed by atoms with Crippen LogP contribution in [0.25, 0.3) is 5.65 Å². The van der Waals surface area contributed by atoms with E-state index in [0.717, 1.165) is 30.1 Å². The van der Waals surface area contributed by atoms with E-state index in [4.69, 9.17) is 10.5 Å². The Labute approximate surface area is 114 Å². The number of imidazole rings is 1. The van der Waals surface area contributed by atoms with Crippen molar-refractivity contribution in [1.29, 1.82) is 0 Å². The van der Waals surface area contributed by atoms with Gasteiger partial charge in [-0.05, 0) is 18.6 Å². The fraction of sp³-hybridized carbons (Fsp3) is 0.533. The Bertz CT molecular complexity index is 507. The molecule has 0 spiro atoms. The molecule has 2 rings (SSSR count). The zero-order valence-corrected chi connectivity index (χ0v) is 11.6. The summed E-state index contributed by atoms with van der Waals surface area (Å²) >= 11 is 0. The molecule has 0 aliphatic rings. The topological polar surface area (TPSA) is 52.5 Å². The van der Waals surface area contributed by atoms with Crippen molar-refractivity contribution in [2.45, 2.75) is 45.6 Å². The van der Waals surface area contributed by atoms with Gasteiger partial charge in [0.05, 0.1) is 18.5 Å². The van der Waals surface area contributed by atoms with Crippen molar-refractivity contribution in [1.82, 2.24) is 9.38 Å². The molecule has 2 aromatic rings. The molecule has 0 radical (unpaired) electrons. The number of nitrogens with zero attached hydrogens (tertiary/aromatic N) is 2. The van der Waals surface area contributed by atoms with E-state index < -0.39 is 0 Å². The number of ether oxygens (including phenoxy) is 1. The highest BCUT2D eigenvalue weighted by molar-refractivity contribution is 5.54. The lowest BCUT2D eigenvalue weighted by atomic mass is 10.2. The molecule has 2 heterocycles. The largest absolute Gasteiger partial charge is 0.490 e. The standard InChI is InChI=1S/C15H23N3O/c1-2-3-4-5-6-10-19-14-8-7-9-18-13(11-16)12-17-15(14)18/h7-9,12H,2-6,10-11,16H2,1H3. The van der Waals surface area contributed by atoms with Gasteiger partial charge in [-0.1, -0.05) is 32.6 Å². The van der Waals surface area contributed by atoms with E-state index in [1.54, 1.807) is 0 Å². The second-order valence-electron chi connectivity index (χ2n) is 4.78. The number of fused-ring (bicyclic) bond motifs is 1. The van der Waals surface area contributed by atoms with Gasteiger partial charge in [-0.3, -0.25) is 4.40 Å². The van der Waals surface area contributed by atoms with E-state index in [9.17, 15) is 0 Å². The lowest BCUT2D eigenvalue weighted by Gasteiger charge is -2.07. The van der Waals surface area contributed by atoms with Gasteiger partial charge in [-0.15, -0.1) is 0 Å². The average Bonchev–Trinajstić information content (AvgIpc) is 2.86. The summed E-state index contributed by atoms with van der Waals surface area (Å²) in [6, 6.07) is 3.94. The minimum atomic E-state index is 0.488. The van der Waals surface area contributed by atoms with Crippen molar-refractivity contribution in [2.75, 3.05) is 6.61 Å². The predicted octanol–water partition coefficient (Wildman–Crippen LogP) is 3.14. The molecule has 0 atom stereocenters. The molecule has 4 heteroatoms. The first-order valence-electron chi connectivity index (χ1n) is 7.14. The van der Waals surface area contributed by atoms with E-state index in [2.05, 4.69) is 11.9 Å².